The third kappa shape index (κ3) is 1.74. The smallest absolute Gasteiger partial charge is 0.117 e. The maximum absolute atomic E-state index is 11.0. The molecule has 1 unspecified atom stereocenters. The summed E-state index contributed by atoms with van der Waals surface area (Å²) >= 11 is 12.2. The molecule has 1 aliphatic rings. The number of aliphatic hydroxyl groups is 1. The Morgan fingerprint density at radius 3 is 2.61 bits per heavy atom. The van der Waals surface area contributed by atoms with Crippen LogP contribution < -0.4 is 0 Å². The highest BCUT2D eigenvalue weighted by atomic mass is 35.5. The van der Waals surface area contributed by atoms with Crippen LogP contribution in [0.15, 0.2) is 42.5 Å². The fourth-order valence-electron chi connectivity index (χ4n) is 2.69. The molecule has 1 N–H and O–H groups in total. The summed E-state index contributed by atoms with van der Waals surface area (Å²) < 4.78 is 0. The van der Waals surface area contributed by atoms with E-state index in [0.29, 0.717) is 22.0 Å². The van der Waals surface area contributed by atoms with Crippen molar-refractivity contribution in [2.24, 2.45) is 0 Å². The van der Waals surface area contributed by atoms with E-state index in [-0.39, 0.29) is 0 Å². The average Bonchev–Trinajstić information content (AvgIpc) is 2.72. The number of hydrogen-bond donors (Lipinski definition) is 1. The van der Waals surface area contributed by atoms with Gasteiger partial charge in [0.2, 0.25) is 0 Å². The molecule has 3 heteroatoms. The molecule has 3 rings (SSSR count). The average molecular weight is 279 g/mol. The van der Waals surface area contributed by atoms with Gasteiger partial charge in [0, 0.05) is 15.6 Å². The van der Waals surface area contributed by atoms with Crippen LogP contribution in [0.2, 0.25) is 10.0 Å². The van der Waals surface area contributed by atoms with Crippen molar-refractivity contribution in [3.8, 4) is 0 Å². The van der Waals surface area contributed by atoms with Gasteiger partial charge in [-0.25, -0.2) is 0 Å². The fourth-order valence-corrected chi connectivity index (χ4v) is 3.13. The van der Waals surface area contributed by atoms with Gasteiger partial charge in [-0.2, -0.15) is 0 Å². The molecule has 18 heavy (non-hydrogen) atoms. The summed E-state index contributed by atoms with van der Waals surface area (Å²) in [6, 6.07) is 13.2. The molecule has 1 nitrogen and oxygen atoms in total. The van der Waals surface area contributed by atoms with Crippen molar-refractivity contribution < 1.29 is 5.11 Å². The third-order valence-corrected chi connectivity index (χ3v) is 4.16. The minimum atomic E-state index is -1.02. The molecule has 0 radical (unpaired) electrons. The summed E-state index contributed by atoms with van der Waals surface area (Å²) in [6.07, 6.45) is 1.50. The first kappa shape index (κ1) is 12.0. The van der Waals surface area contributed by atoms with E-state index in [1.165, 1.54) is 5.56 Å². The molecule has 0 aliphatic heterocycles. The summed E-state index contributed by atoms with van der Waals surface area (Å²) in [4.78, 5) is 0. The minimum absolute atomic E-state index is 0.554. The van der Waals surface area contributed by atoms with E-state index in [9.17, 15) is 5.11 Å². The van der Waals surface area contributed by atoms with E-state index in [1.54, 1.807) is 18.2 Å². The molecule has 0 fully saturated rings. The zero-order valence-electron chi connectivity index (χ0n) is 9.66. The second-order valence-electron chi connectivity index (χ2n) is 4.64. The van der Waals surface area contributed by atoms with Crippen molar-refractivity contribution in [1.29, 1.82) is 0 Å². The topological polar surface area (TPSA) is 20.2 Å². The molecule has 92 valence electrons. The highest BCUT2D eigenvalue weighted by molar-refractivity contribution is 6.33. The standard InChI is InChI=1S/C15H12Cl2O/c16-11-5-6-14(17)13(9-11)15(18)8-7-10-3-1-2-4-12(10)15/h1-6,9,18H,7-8H2. The normalized spacial score (nSPS) is 21.9. The van der Waals surface area contributed by atoms with Crippen molar-refractivity contribution in [3.05, 3.63) is 69.2 Å². The first-order valence-electron chi connectivity index (χ1n) is 5.87. The Balaban J connectivity index is 2.20. The maximum Gasteiger partial charge on any atom is 0.117 e. The second kappa shape index (κ2) is 4.27. The number of rotatable bonds is 1. The molecule has 2 aromatic rings. The predicted molar refractivity (Wildman–Crippen MR) is 74.2 cm³/mol. The Morgan fingerprint density at radius 1 is 1.00 bits per heavy atom. The predicted octanol–water partition coefficient (Wildman–Crippen LogP) is 4.18. The summed E-state index contributed by atoms with van der Waals surface area (Å²) in [5, 5.41) is 12.1. The van der Waals surface area contributed by atoms with Crippen molar-refractivity contribution in [2.75, 3.05) is 0 Å². The van der Waals surface area contributed by atoms with E-state index >= 15 is 0 Å². The molecule has 1 aliphatic carbocycles. The zero-order valence-corrected chi connectivity index (χ0v) is 11.2. The molecule has 0 heterocycles. The first-order valence-corrected chi connectivity index (χ1v) is 6.63. The second-order valence-corrected chi connectivity index (χ2v) is 5.49. The van der Waals surface area contributed by atoms with Crippen molar-refractivity contribution >= 4 is 23.2 Å². The molecule has 0 saturated carbocycles. The van der Waals surface area contributed by atoms with Gasteiger partial charge in [0.1, 0.15) is 5.60 Å². The van der Waals surface area contributed by atoms with E-state index in [0.717, 1.165) is 12.0 Å². The Hall–Kier alpha value is -1.02. The van der Waals surface area contributed by atoms with Crippen LogP contribution in [0.3, 0.4) is 0 Å². The van der Waals surface area contributed by atoms with Crippen LogP contribution in [0.25, 0.3) is 0 Å². The SMILES string of the molecule is OC1(c2cc(Cl)ccc2Cl)CCc2ccccc21. The van der Waals surface area contributed by atoms with Gasteiger partial charge in [-0.3, -0.25) is 0 Å². The number of aryl methyl sites for hydroxylation is 1. The van der Waals surface area contributed by atoms with Crippen molar-refractivity contribution in [1.82, 2.24) is 0 Å². The lowest BCUT2D eigenvalue weighted by molar-refractivity contribution is 0.0830. The van der Waals surface area contributed by atoms with E-state index in [2.05, 4.69) is 0 Å². The largest absolute Gasteiger partial charge is 0.380 e. The Bertz CT molecular complexity index is 609. The van der Waals surface area contributed by atoms with Crippen LogP contribution in [-0.2, 0) is 12.0 Å². The molecular formula is C15H12Cl2O. The fraction of sp³-hybridized carbons (Fsp3) is 0.200. The van der Waals surface area contributed by atoms with Crippen LogP contribution in [0, 0.1) is 0 Å². The highest BCUT2D eigenvalue weighted by Crippen LogP contribution is 2.44. The molecule has 2 aromatic carbocycles. The van der Waals surface area contributed by atoms with Crippen LogP contribution in [0.4, 0.5) is 0 Å². The van der Waals surface area contributed by atoms with Crippen LogP contribution >= 0.6 is 23.2 Å². The van der Waals surface area contributed by atoms with Gasteiger partial charge in [0.15, 0.2) is 0 Å². The molecule has 0 amide bonds. The summed E-state index contributed by atoms with van der Waals surface area (Å²) in [5.74, 6) is 0. The third-order valence-electron chi connectivity index (χ3n) is 3.59. The summed E-state index contributed by atoms with van der Waals surface area (Å²) in [5.41, 5.74) is 1.80. The van der Waals surface area contributed by atoms with Crippen LogP contribution in [-0.4, -0.2) is 5.11 Å². The Morgan fingerprint density at radius 2 is 1.78 bits per heavy atom. The minimum Gasteiger partial charge on any atom is -0.380 e. The lowest BCUT2D eigenvalue weighted by Crippen LogP contribution is -2.24. The van der Waals surface area contributed by atoms with E-state index < -0.39 is 5.60 Å². The van der Waals surface area contributed by atoms with E-state index in [1.807, 2.05) is 24.3 Å². The zero-order chi connectivity index (χ0) is 12.8. The molecule has 1 atom stereocenters. The van der Waals surface area contributed by atoms with Gasteiger partial charge in [-0.05, 0) is 42.2 Å². The van der Waals surface area contributed by atoms with Gasteiger partial charge in [-0.1, -0.05) is 47.5 Å². The van der Waals surface area contributed by atoms with Crippen molar-refractivity contribution in [2.45, 2.75) is 18.4 Å². The number of halogens is 2. The van der Waals surface area contributed by atoms with Gasteiger partial charge < -0.3 is 5.11 Å². The molecule has 0 aromatic heterocycles. The monoisotopic (exact) mass is 278 g/mol. The first-order chi connectivity index (χ1) is 8.61. The van der Waals surface area contributed by atoms with Crippen LogP contribution in [0.1, 0.15) is 23.1 Å². The molecule has 0 saturated heterocycles. The van der Waals surface area contributed by atoms with Gasteiger partial charge in [0.05, 0.1) is 0 Å². The summed E-state index contributed by atoms with van der Waals surface area (Å²) in [7, 11) is 0. The lowest BCUT2D eigenvalue weighted by atomic mass is 9.88. The van der Waals surface area contributed by atoms with Crippen LogP contribution in [0.5, 0.6) is 0 Å². The summed E-state index contributed by atoms with van der Waals surface area (Å²) in [6.45, 7) is 0. The highest BCUT2D eigenvalue weighted by Gasteiger charge is 2.39. The number of benzene rings is 2. The van der Waals surface area contributed by atoms with Gasteiger partial charge in [-0.15, -0.1) is 0 Å². The molecule has 0 bridgehead atoms. The van der Waals surface area contributed by atoms with Crippen molar-refractivity contribution in [3.63, 3.8) is 0 Å². The molecular weight excluding hydrogens is 267 g/mol. The quantitative estimate of drug-likeness (QED) is 0.830. The van der Waals surface area contributed by atoms with Gasteiger partial charge in [0.25, 0.3) is 0 Å². The number of fused-ring (bicyclic) bond motifs is 1. The van der Waals surface area contributed by atoms with E-state index in [4.69, 9.17) is 23.2 Å². The molecule has 0 spiro atoms. The Kier molecular flexibility index (Phi) is 2.86. The Labute approximate surface area is 116 Å². The van der Waals surface area contributed by atoms with Gasteiger partial charge >= 0.3 is 0 Å². The maximum atomic E-state index is 11.0. The lowest BCUT2D eigenvalue weighted by Gasteiger charge is -2.26. The number of hydrogen-bond acceptors (Lipinski definition) is 1.